The number of nitrogens with zero attached hydrogens (tertiary/aromatic N) is 9. The summed E-state index contributed by atoms with van der Waals surface area (Å²) in [6, 6.07) is 44.2. The van der Waals surface area contributed by atoms with Crippen molar-refractivity contribution >= 4 is 23.1 Å². The number of anilines is 1. The quantitative estimate of drug-likeness (QED) is 0.0183. The first-order chi connectivity index (χ1) is 44.6. The van der Waals surface area contributed by atoms with Gasteiger partial charge < -0.3 is 14.3 Å². The molecule has 3 heterocycles. The number of benzene rings is 3. The molecule has 0 aliphatic carbocycles. The fourth-order valence-electron chi connectivity index (χ4n) is 10.6. The van der Waals surface area contributed by atoms with Gasteiger partial charge in [0.2, 0.25) is 0 Å². The Balaban J connectivity index is 0.000000562. The van der Waals surface area contributed by atoms with Crippen molar-refractivity contribution in [2.75, 3.05) is 86.0 Å². The van der Waals surface area contributed by atoms with Crippen LogP contribution >= 0.6 is 0 Å². The van der Waals surface area contributed by atoms with Crippen LogP contribution in [0.1, 0.15) is 212 Å². The fourth-order valence-corrected chi connectivity index (χ4v) is 10.6. The highest BCUT2D eigenvalue weighted by atomic mass is 15.3. The third-order valence-corrected chi connectivity index (χ3v) is 16.6. The van der Waals surface area contributed by atoms with E-state index in [-0.39, 0.29) is 0 Å². The Kier molecular flexibility index (Phi) is 49.2. The number of aryl methyl sites for hydroxylation is 2. The molecule has 6 aromatic rings. The smallest absolute Gasteiger partial charge is 0.198 e. The van der Waals surface area contributed by atoms with Gasteiger partial charge in [0.25, 0.3) is 0 Å². The number of nitriles is 2. The Bertz CT molecular complexity index is 2660. The van der Waals surface area contributed by atoms with Crippen LogP contribution in [0.5, 0.6) is 0 Å². The van der Waals surface area contributed by atoms with E-state index >= 15 is 0 Å². The molecule has 0 fully saturated rings. The van der Waals surface area contributed by atoms with E-state index in [0.717, 1.165) is 42.5 Å². The molecule has 10 heteroatoms. The molecule has 0 unspecified atom stereocenters. The number of quaternary nitrogens is 3. The van der Waals surface area contributed by atoms with Gasteiger partial charge in [-0.1, -0.05) is 186 Å². The van der Waals surface area contributed by atoms with Crippen molar-refractivity contribution in [3.63, 3.8) is 0 Å². The molecule has 0 spiro atoms. The highest BCUT2D eigenvalue weighted by molar-refractivity contribution is 5.47. The second-order valence-corrected chi connectivity index (χ2v) is 25.8. The molecule has 0 atom stereocenters. The Hall–Kier alpha value is -7.00. The zero-order valence-corrected chi connectivity index (χ0v) is 60.4. The van der Waals surface area contributed by atoms with Crippen LogP contribution in [0.3, 0.4) is 0 Å². The van der Waals surface area contributed by atoms with Crippen LogP contribution < -0.4 is 28.0 Å². The van der Waals surface area contributed by atoms with Crippen LogP contribution in [0.4, 0.5) is 17.1 Å². The van der Waals surface area contributed by atoms with Gasteiger partial charge in [0.05, 0.1) is 96.8 Å². The highest BCUT2D eigenvalue weighted by Gasteiger charge is 2.25. The first-order valence-electron chi connectivity index (χ1n) is 35.8. The SMILES string of the molecule is C=Cc1ccc(C[n+]2ccc(C#N)cc2)cc1.CCCCCC[NH+](CCCCCC)CCCCCC.CCCC[N+](CCCC)(CCCC)CCCC.CN(C)c1ccccc1.C[N+](C)(C)c1ccccc1.[C-]#[N+]c1cc[n+](CCCC[n+]2ccc(C#N)cc2)cc1. The average molecular weight is 1260 g/mol. The molecular formula is C82H130N10+6. The second kappa shape index (κ2) is 54.5. The number of pyridine rings is 3. The lowest BCUT2D eigenvalue weighted by atomic mass is 10.1. The Morgan fingerprint density at radius 3 is 1.15 bits per heavy atom. The van der Waals surface area contributed by atoms with E-state index in [1.54, 1.807) is 0 Å². The van der Waals surface area contributed by atoms with E-state index < -0.39 is 0 Å². The maximum Gasteiger partial charge on any atom is 0.198 e. The van der Waals surface area contributed by atoms with Crippen molar-refractivity contribution in [2.24, 2.45) is 0 Å². The summed E-state index contributed by atoms with van der Waals surface area (Å²) >= 11 is 0. The number of hydrogen-bond acceptors (Lipinski definition) is 3. The van der Waals surface area contributed by atoms with E-state index in [1.807, 2.05) is 140 Å². The lowest BCUT2D eigenvalue weighted by Crippen LogP contribution is -3.12. The van der Waals surface area contributed by atoms with Gasteiger partial charge in [-0.25, -0.2) is 18.5 Å². The van der Waals surface area contributed by atoms with Crippen molar-refractivity contribution < 1.29 is 23.1 Å². The summed E-state index contributed by atoms with van der Waals surface area (Å²) in [4.78, 5) is 7.35. The average Bonchev–Trinajstić information content (AvgIpc) is 2.27. The Morgan fingerprint density at radius 1 is 0.467 bits per heavy atom. The van der Waals surface area contributed by atoms with Crippen LogP contribution in [0.25, 0.3) is 10.9 Å². The monoisotopic (exact) mass is 1260 g/mol. The molecular weight excluding hydrogens is 1120 g/mol. The first-order valence-corrected chi connectivity index (χ1v) is 35.8. The summed E-state index contributed by atoms with van der Waals surface area (Å²) < 4.78 is 8.54. The summed E-state index contributed by atoms with van der Waals surface area (Å²) in [6.07, 6.45) is 43.7. The van der Waals surface area contributed by atoms with Crippen LogP contribution in [-0.4, -0.2) is 85.5 Å². The van der Waals surface area contributed by atoms with Gasteiger partial charge in [-0.15, -0.1) is 0 Å². The molecule has 0 saturated carbocycles. The molecule has 1 N–H and O–H groups in total. The molecule has 0 aliphatic rings. The van der Waals surface area contributed by atoms with Gasteiger partial charge in [-0.05, 0) is 94.0 Å². The van der Waals surface area contributed by atoms with Crippen LogP contribution in [0.2, 0.25) is 0 Å². The molecule has 3 aromatic carbocycles. The maximum absolute atomic E-state index is 8.73. The summed E-state index contributed by atoms with van der Waals surface area (Å²) in [5.41, 5.74) is 6.98. The summed E-state index contributed by atoms with van der Waals surface area (Å²) in [5.74, 6) is 0. The van der Waals surface area contributed by atoms with E-state index in [1.165, 1.54) is 196 Å². The summed E-state index contributed by atoms with van der Waals surface area (Å²) in [7, 11) is 10.6. The number of aromatic nitrogens is 3. The van der Waals surface area contributed by atoms with Gasteiger partial charge in [0.15, 0.2) is 49.4 Å². The lowest BCUT2D eigenvalue weighted by Gasteiger charge is -2.39. The van der Waals surface area contributed by atoms with Crippen molar-refractivity contribution in [1.29, 1.82) is 10.5 Å². The normalized spacial score (nSPS) is 10.6. The fraction of sp³-hybridized carbons (Fsp3) is 0.537. The van der Waals surface area contributed by atoms with E-state index in [0.29, 0.717) is 16.8 Å². The zero-order valence-electron chi connectivity index (χ0n) is 60.4. The standard InChI is InChI=1S/C18H39N.C16H16N4.C16H36N.C15H13N2.C9H14N.C8H11N/c1-4-7-10-13-16-19(17-14-11-8-5-2)18-15-12-9-6-3;1-18-16-6-12-20(13-7-16)9-3-2-8-19-10-4-15(14-17)5-11-19;1-5-9-13-17(14-10-6-2,15-11-7-3)16-12-8-4;1-2-13-3-5-15(6-4-13)12-17-9-7-14(11-16)8-10-17;1-10(2,3)9-7-5-4-6-8-9;1-9(2)8-6-4-3-5-7-8/h4-18H2,1-3H3;4-7,10-13H,2-3,8-9H2;5-16H2,1-4H3;2-10H,1,12H2;4-8H,1-3H3;3-7H,1-2H3/q;+2;3*+1;/p+1. The summed E-state index contributed by atoms with van der Waals surface area (Å²) in [5, 5.41) is 17.4. The van der Waals surface area contributed by atoms with Gasteiger partial charge in [-0.3, -0.25) is 4.48 Å². The molecule has 502 valence electrons. The van der Waals surface area contributed by atoms with Gasteiger partial charge >= 0.3 is 0 Å². The first kappa shape index (κ1) is 83.0. The number of rotatable bonds is 37. The maximum atomic E-state index is 8.73. The minimum absolute atomic E-state index is 0.675. The molecule has 0 saturated heterocycles. The van der Waals surface area contributed by atoms with Gasteiger partial charge in [0, 0.05) is 74.6 Å². The highest BCUT2D eigenvalue weighted by Crippen LogP contribution is 2.17. The molecule has 0 amide bonds. The minimum atomic E-state index is 0.675. The van der Waals surface area contributed by atoms with Gasteiger partial charge in [-0.2, -0.15) is 10.5 Å². The molecule has 0 aliphatic heterocycles. The van der Waals surface area contributed by atoms with Gasteiger partial charge in [0.1, 0.15) is 18.8 Å². The van der Waals surface area contributed by atoms with Crippen LogP contribution in [0, 0.1) is 29.2 Å². The van der Waals surface area contributed by atoms with E-state index in [4.69, 9.17) is 17.1 Å². The minimum Gasteiger partial charge on any atom is -0.378 e. The van der Waals surface area contributed by atoms with Crippen LogP contribution in [0.15, 0.2) is 165 Å². The molecule has 3 aromatic heterocycles. The molecule has 10 nitrogen and oxygen atoms in total. The van der Waals surface area contributed by atoms with E-state index in [2.05, 4.69) is 156 Å². The van der Waals surface area contributed by atoms with Crippen LogP contribution in [-0.2, 0) is 19.6 Å². The number of hydrogen-bond donors (Lipinski definition) is 1. The summed E-state index contributed by atoms with van der Waals surface area (Å²) in [6.45, 7) is 39.6. The Morgan fingerprint density at radius 2 is 0.837 bits per heavy atom. The predicted molar refractivity (Wildman–Crippen MR) is 395 cm³/mol. The number of nitrogens with one attached hydrogen (secondary N) is 1. The molecule has 92 heavy (non-hydrogen) atoms. The third-order valence-electron chi connectivity index (χ3n) is 16.6. The van der Waals surface area contributed by atoms with Crippen molar-refractivity contribution in [3.05, 3.63) is 199 Å². The third kappa shape index (κ3) is 41.5. The number of unbranched alkanes of at least 4 members (excludes halogenated alkanes) is 14. The number of para-hydroxylation sites is 2. The van der Waals surface area contributed by atoms with Crippen molar-refractivity contribution in [1.82, 2.24) is 4.48 Å². The molecule has 0 radical (unpaired) electrons. The largest absolute Gasteiger partial charge is 0.378 e. The van der Waals surface area contributed by atoms with Crippen molar-refractivity contribution in [2.45, 2.75) is 209 Å². The zero-order chi connectivity index (χ0) is 67.8. The molecule has 0 bridgehead atoms. The topological polar surface area (TPSA) is 71.3 Å². The lowest BCUT2D eigenvalue weighted by molar-refractivity contribution is -0.929. The van der Waals surface area contributed by atoms with Crippen molar-refractivity contribution in [3.8, 4) is 12.1 Å². The Labute approximate surface area is 564 Å². The molecule has 6 rings (SSSR count). The van der Waals surface area contributed by atoms with E-state index in [9.17, 15) is 0 Å². The second-order valence-electron chi connectivity index (χ2n) is 25.8. The predicted octanol–water partition coefficient (Wildman–Crippen LogP) is 18.0.